The lowest BCUT2D eigenvalue weighted by Gasteiger charge is -2.52. The van der Waals surface area contributed by atoms with E-state index >= 15 is 0 Å². The van der Waals surface area contributed by atoms with E-state index in [1.165, 1.54) is 28.9 Å². The first kappa shape index (κ1) is 20.7. The number of hydrazone groups is 1. The fraction of sp³-hybridized carbons (Fsp3) is 0.333. The lowest BCUT2D eigenvalue weighted by molar-refractivity contribution is -0.201. The predicted molar refractivity (Wildman–Crippen MR) is 130 cm³/mol. The van der Waals surface area contributed by atoms with Gasteiger partial charge in [0, 0.05) is 11.9 Å². The van der Waals surface area contributed by atoms with Crippen molar-refractivity contribution in [2.75, 3.05) is 26.3 Å². The first-order valence-electron chi connectivity index (χ1n) is 12.1. The molecule has 1 unspecified atom stereocenters. The fourth-order valence-corrected chi connectivity index (χ4v) is 5.51. The largest absolute Gasteiger partial charge is 0.477 e. The minimum Gasteiger partial charge on any atom is -0.477 e. The van der Waals surface area contributed by atoms with Crippen LogP contribution in [0.1, 0.15) is 34.0 Å². The second-order valence-electron chi connectivity index (χ2n) is 9.83. The Hall–Kier alpha value is -3.65. The van der Waals surface area contributed by atoms with Gasteiger partial charge < -0.3 is 24.4 Å². The standard InChI is InChI=1S/C27H26FN5O2/c1-17-12-32(16-29-17)23-9-4-19(21-7-8-22(21)23)10-25-26-31-30-11-24(18-2-5-20(28)6-3-18)33(26)13-27(35-25)14-34-15-27/h2-6,9-10,12,16,24,30H,7-8,11,13-15H2,1H3/b25-10-. The van der Waals surface area contributed by atoms with Crippen LogP contribution in [-0.2, 0) is 22.3 Å². The summed E-state index contributed by atoms with van der Waals surface area (Å²) in [4.78, 5) is 6.68. The molecule has 35 heavy (non-hydrogen) atoms. The molecule has 0 saturated carbocycles. The van der Waals surface area contributed by atoms with Gasteiger partial charge in [-0.15, -0.1) is 0 Å². The highest BCUT2D eigenvalue weighted by atomic mass is 19.1. The van der Waals surface area contributed by atoms with Gasteiger partial charge in [-0.2, -0.15) is 5.10 Å². The van der Waals surface area contributed by atoms with Crippen molar-refractivity contribution in [1.82, 2.24) is 19.9 Å². The first-order chi connectivity index (χ1) is 17.1. The second-order valence-corrected chi connectivity index (χ2v) is 9.83. The van der Waals surface area contributed by atoms with Crippen LogP contribution in [0.25, 0.3) is 11.8 Å². The molecule has 8 heteroatoms. The molecule has 0 amide bonds. The molecule has 2 fully saturated rings. The van der Waals surface area contributed by atoms with Crippen molar-refractivity contribution >= 4 is 11.9 Å². The van der Waals surface area contributed by atoms with E-state index < -0.39 is 0 Å². The van der Waals surface area contributed by atoms with E-state index in [4.69, 9.17) is 9.47 Å². The summed E-state index contributed by atoms with van der Waals surface area (Å²) in [5, 5.41) is 4.66. The summed E-state index contributed by atoms with van der Waals surface area (Å²) in [5.41, 5.74) is 9.91. The van der Waals surface area contributed by atoms with Gasteiger partial charge in [-0.1, -0.05) is 18.2 Å². The molecule has 4 aliphatic rings. The maximum atomic E-state index is 13.6. The van der Waals surface area contributed by atoms with Crippen LogP contribution in [0, 0.1) is 12.7 Å². The first-order valence-corrected chi connectivity index (χ1v) is 12.1. The van der Waals surface area contributed by atoms with Crippen molar-refractivity contribution in [3.05, 3.63) is 88.4 Å². The van der Waals surface area contributed by atoms with Crippen molar-refractivity contribution in [1.29, 1.82) is 0 Å². The lowest BCUT2D eigenvalue weighted by atomic mass is 9.83. The average molecular weight is 472 g/mol. The lowest BCUT2D eigenvalue weighted by Crippen LogP contribution is -2.65. The number of hydrogen-bond donors (Lipinski definition) is 1. The SMILES string of the molecule is Cc1cn(-c2ccc(/C=C3\OC4(COC4)CN4C3=NNCC4c3ccc(F)cc3)c3c2CC3)cn1. The number of nitrogens with zero attached hydrogens (tertiary/aromatic N) is 4. The number of aromatic nitrogens is 2. The highest BCUT2D eigenvalue weighted by Crippen LogP contribution is 2.40. The van der Waals surface area contributed by atoms with Crippen LogP contribution >= 0.6 is 0 Å². The predicted octanol–water partition coefficient (Wildman–Crippen LogP) is 3.52. The van der Waals surface area contributed by atoms with Crippen LogP contribution in [0.15, 0.2) is 59.8 Å². The van der Waals surface area contributed by atoms with E-state index in [9.17, 15) is 4.39 Å². The maximum absolute atomic E-state index is 13.6. The van der Waals surface area contributed by atoms with Crippen molar-refractivity contribution in [3.8, 4) is 5.69 Å². The number of aryl methyl sites for hydroxylation is 1. The number of amidine groups is 1. The van der Waals surface area contributed by atoms with Crippen LogP contribution in [0.2, 0.25) is 0 Å². The number of morpholine rings is 1. The zero-order valence-electron chi connectivity index (χ0n) is 19.5. The summed E-state index contributed by atoms with van der Waals surface area (Å²) >= 11 is 0. The highest BCUT2D eigenvalue weighted by molar-refractivity contribution is 6.01. The van der Waals surface area contributed by atoms with Crippen molar-refractivity contribution in [2.45, 2.75) is 31.4 Å². The van der Waals surface area contributed by atoms with Gasteiger partial charge in [0.05, 0.1) is 44.4 Å². The molecule has 2 saturated heterocycles. The van der Waals surface area contributed by atoms with Crippen molar-refractivity contribution in [3.63, 3.8) is 0 Å². The van der Waals surface area contributed by atoms with Gasteiger partial charge in [-0.25, -0.2) is 9.37 Å². The van der Waals surface area contributed by atoms with E-state index in [2.05, 4.69) is 49.4 Å². The maximum Gasteiger partial charge on any atom is 0.191 e. The van der Waals surface area contributed by atoms with Gasteiger partial charge in [0.15, 0.2) is 17.2 Å². The van der Waals surface area contributed by atoms with Gasteiger partial charge in [-0.05, 0) is 66.3 Å². The monoisotopic (exact) mass is 471 g/mol. The molecule has 1 aromatic heterocycles. The Labute approximate surface area is 202 Å². The molecule has 7 rings (SSSR count). The molecular weight excluding hydrogens is 445 g/mol. The Balaban J connectivity index is 1.27. The van der Waals surface area contributed by atoms with E-state index in [-0.39, 0.29) is 17.5 Å². The topological polar surface area (TPSA) is 63.9 Å². The van der Waals surface area contributed by atoms with Crippen LogP contribution < -0.4 is 5.43 Å². The molecule has 0 bridgehead atoms. The minimum atomic E-state index is -0.387. The molecule has 0 radical (unpaired) electrons. The summed E-state index contributed by atoms with van der Waals surface area (Å²) < 4.78 is 27.8. The summed E-state index contributed by atoms with van der Waals surface area (Å²) in [5.74, 6) is 1.30. The number of ether oxygens (including phenoxy) is 2. The Morgan fingerprint density at radius 2 is 1.94 bits per heavy atom. The average Bonchev–Trinajstić information content (AvgIpc) is 3.25. The van der Waals surface area contributed by atoms with Crippen molar-refractivity contribution < 1.29 is 13.9 Å². The quantitative estimate of drug-likeness (QED) is 0.633. The molecule has 178 valence electrons. The number of nitrogens with one attached hydrogen (secondary N) is 1. The molecule has 4 heterocycles. The number of hydrogen-bond acceptors (Lipinski definition) is 6. The van der Waals surface area contributed by atoms with Gasteiger partial charge in [0.2, 0.25) is 0 Å². The molecule has 3 aromatic rings. The summed E-state index contributed by atoms with van der Waals surface area (Å²) in [6.45, 7) is 4.44. The molecule has 7 nitrogen and oxygen atoms in total. The fourth-order valence-electron chi connectivity index (χ4n) is 5.51. The number of fused-ring (bicyclic) bond motifs is 2. The van der Waals surface area contributed by atoms with Gasteiger partial charge in [-0.3, -0.25) is 0 Å². The van der Waals surface area contributed by atoms with E-state index in [1.807, 2.05) is 25.4 Å². The molecular formula is C27H26FN5O2. The van der Waals surface area contributed by atoms with E-state index in [0.29, 0.717) is 26.3 Å². The number of rotatable bonds is 3. The Bertz CT molecular complexity index is 1370. The Kier molecular flexibility index (Phi) is 4.54. The number of imidazole rings is 1. The third kappa shape index (κ3) is 3.35. The van der Waals surface area contributed by atoms with Gasteiger partial charge >= 0.3 is 0 Å². The number of halogens is 1. The smallest absolute Gasteiger partial charge is 0.191 e. The molecule has 2 aromatic carbocycles. The third-order valence-corrected chi connectivity index (χ3v) is 7.45. The van der Waals surface area contributed by atoms with Gasteiger partial charge in [0.25, 0.3) is 0 Å². The molecule has 1 N–H and O–H groups in total. The zero-order valence-corrected chi connectivity index (χ0v) is 19.5. The molecule has 1 spiro atoms. The minimum absolute atomic E-state index is 0.0302. The van der Waals surface area contributed by atoms with E-state index in [0.717, 1.165) is 41.3 Å². The molecule has 1 aliphatic carbocycles. The molecule has 1 atom stereocenters. The van der Waals surface area contributed by atoms with Gasteiger partial charge in [0.1, 0.15) is 5.82 Å². The van der Waals surface area contributed by atoms with Crippen LogP contribution in [0.4, 0.5) is 4.39 Å². The Morgan fingerprint density at radius 3 is 2.63 bits per heavy atom. The summed E-state index contributed by atoms with van der Waals surface area (Å²) in [7, 11) is 0. The second kappa shape index (κ2) is 7.68. The van der Waals surface area contributed by atoms with E-state index in [1.54, 1.807) is 0 Å². The number of benzene rings is 2. The van der Waals surface area contributed by atoms with Crippen LogP contribution in [-0.4, -0.2) is 52.2 Å². The van der Waals surface area contributed by atoms with Crippen molar-refractivity contribution in [2.24, 2.45) is 5.10 Å². The zero-order chi connectivity index (χ0) is 23.6. The molecule has 3 aliphatic heterocycles. The van der Waals surface area contributed by atoms with Crippen LogP contribution in [0.3, 0.4) is 0 Å². The normalized spacial score (nSPS) is 22.9. The third-order valence-electron chi connectivity index (χ3n) is 7.45. The Morgan fingerprint density at radius 1 is 1.11 bits per heavy atom. The summed E-state index contributed by atoms with van der Waals surface area (Å²) in [6, 6.07) is 11.1. The van der Waals surface area contributed by atoms with Crippen LogP contribution in [0.5, 0.6) is 0 Å². The highest BCUT2D eigenvalue weighted by Gasteiger charge is 2.50. The summed E-state index contributed by atoms with van der Waals surface area (Å²) in [6.07, 6.45) is 8.16.